The van der Waals surface area contributed by atoms with E-state index in [1.165, 1.54) is 98.0 Å². The van der Waals surface area contributed by atoms with E-state index in [0.29, 0.717) is 6.61 Å². The number of rotatable bonds is 6. The largest absolute Gasteiger partial charge is 0.494 e. The van der Waals surface area contributed by atoms with Crippen LogP contribution in [-0.4, -0.2) is 15.7 Å². The molecule has 4 saturated carbocycles. The lowest BCUT2D eigenvalue weighted by atomic mass is 9.43. The summed E-state index contributed by atoms with van der Waals surface area (Å²) in [5, 5.41) is 5.74. The van der Waals surface area contributed by atoms with Crippen LogP contribution in [0.4, 0.5) is 0 Å². The van der Waals surface area contributed by atoms with Crippen molar-refractivity contribution in [2.45, 2.75) is 57.8 Å². The van der Waals surface area contributed by atoms with Gasteiger partial charge in [0.2, 0.25) is 0 Å². The summed E-state index contributed by atoms with van der Waals surface area (Å²) in [5.41, 5.74) is 16.9. The third-order valence-corrected chi connectivity index (χ3v) is 15.7. The van der Waals surface area contributed by atoms with Crippen molar-refractivity contribution in [3.8, 4) is 39.4 Å². The van der Waals surface area contributed by atoms with Crippen LogP contribution in [-0.2, 0) is 11.8 Å². The second-order valence-electron chi connectivity index (χ2n) is 18.4. The van der Waals surface area contributed by atoms with E-state index < -0.39 is 0 Å². The molecule has 1 spiro atoms. The van der Waals surface area contributed by atoms with E-state index in [2.05, 4.69) is 156 Å². The van der Waals surface area contributed by atoms with Gasteiger partial charge in [0.1, 0.15) is 5.75 Å². The zero-order chi connectivity index (χ0) is 39.9. The molecule has 2 heterocycles. The van der Waals surface area contributed by atoms with Gasteiger partial charge in [-0.25, -0.2) is 0 Å². The van der Waals surface area contributed by atoms with Gasteiger partial charge in [0.25, 0.3) is 0 Å². The Balaban J connectivity index is 0.965. The van der Waals surface area contributed by atoms with Gasteiger partial charge in [-0.05, 0) is 187 Å². The summed E-state index contributed by atoms with van der Waals surface area (Å²) in [7, 11) is 0. The Kier molecular flexibility index (Phi) is 7.51. The Bertz CT molecular complexity index is 3230. The molecule has 9 aromatic rings. The summed E-state index contributed by atoms with van der Waals surface area (Å²) in [6, 6.07) is 52.7. The number of para-hydroxylation sites is 1. The quantitative estimate of drug-likeness (QED) is 0.164. The van der Waals surface area contributed by atoms with Crippen LogP contribution in [0.25, 0.3) is 77.2 Å². The van der Waals surface area contributed by atoms with Crippen LogP contribution in [0, 0.1) is 23.7 Å². The minimum absolute atomic E-state index is 0.129. The van der Waals surface area contributed by atoms with Crippen LogP contribution in [0.15, 0.2) is 140 Å². The van der Waals surface area contributed by atoms with E-state index in [1.807, 2.05) is 6.07 Å². The van der Waals surface area contributed by atoms with Gasteiger partial charge in [-0.15, -0.1) is 0 Å². The fourth-order valence-corrected chi connectivity index (χ4v) is 13.5. The highest BCUT2D eigenvalue weighted by molar-refractivity contribution is 6.31. The molecule has 60 heavy (non-hydrogen) atoms. The summed E-state index contributed by atoms with van der Waals surface area (Å²) in [4.78, 5) is 0. The third kappa shape index (κ3) is 4.79. The molecule has 294 valence electrons. The summed E-state index contributed by atoms with van der Waals surface area (Å²) < 4.78 is 11.0. The van der Waals surface area contributed by atoms with E-state index in [0.717, 1.165) is 57.8 Å². The molecule has 14 rings (SSSR count). The second kappa shape index (κ2) is 12.9. The second-order valence-corrected chi connectivity index (χ2v) is 18.8. The summed E-state index contributed by atoms with van der Waals surface area (Å²) in [5.74, 6) is 4.28. The number of hydrogen-bond acceptors (Lipinski definition) is 1. The minimum Gasteiger partial charge on any atom is -0.494 e. The molecule has 0 aliphatic heterocycles. The van der Waals surface area contributed by atoms with E-state index in [1.54, 1.807) is 11.1 Å². The van der Waals surface area contributed by atoms with Gasteiger partial charge in [-0.2, -0.15) is 0 Å². The number of halogens is 1. The maximum atomic E-state index is 6.81. The number of aryl methyl sites for hydroxylation is 1. The lowest BCUT2D eigenvalue weighted by Gasteiger charge is -2.61. The van der Waals surface area contributed by atoms with E-state index in [4.69, 9.17) is 16.3 Å². The molecular formula is C56H47ClN2O. The molecule has 4 heteroatoms. The first kappa shape index (κ1) is 35.0. The van der Waals surface area contributed by atoms with Crippen molar-refractivity contribution < 1.29 is 4.74 Å². The van der Waals surface area contributed by atoms with Crippen LogP contribution in [0.1, 0.15) is 62.6 Å². The maximum Gasteiger partial charge on any atom is 0.119 e. The Morgan fingerprint density at radius 3 is 1.93 bits per heavy atom. The van der Waals surface area contributed by atoms with Crippen LogP contribution in [0.3, 0.4) is 0 Å². The first-order chi connectivity index (χ1) is 29.5. The average molecular weight is 799 g/mol. The SMILES string of the molecule is CCOc1ccc2c(c1)-c1cc(-c3ccc4c(c3)c3ccc(Cl)cc3n4-c3cccc(-n4c5ccccc5c5cc(CC)ccc54)c3)ccc1C21C2CC3CC(C2)CC1C3. The molecule has 0 amide bonds. The number of benzene rings is 7. The fourth-order valence-electron chi connectivity index (χ4n) is 13.4. The van der Waals surface area contributed by atoms with Crippen molar-refractivity contribution >= 4 is 55.2 Å². The van der Waals surface area contributed by atoms with Crippen LogP contribution in [0.2, 0.25) is 5.02 Å². The van der Waals surface area contributed by atoms with Crippen molar-refractivity contribution in [1.82, 2.24) is 9.13 Å². The molecule has 4 fully saturated rings. The Hall–Kier alpha value is -5.77. The van der Waals surface area contributed by atoms with E-state index in [-0.39, 0.29) is 5.41 Å². The third-order valence-electron chi connectivity index (χ3n) is 15.5. The zero-order valence-electron chi connectivity index (χ0n) is 34.2. The number of ether oxygens (including phenoxy) is 1. The number of nitrogens with zero attached hydrogens (tertiary/aromatic N) is 2. The fraction of sp³-hybridized carbons (Fsp3) is 0.250. The van der Waals surface area contributed by atoms with Gasteiger partial charge < -0.3 is 13.9 Å². The summed E-state index contributed by atoms with van der Waals surface area (Å²) >= 11 is 6.81. The van der Waals surface area contributed by atoms with Crippen molar-refractivity contribution in [1.29, 1.82) is 0 Å². The first-order valence-corrected chi connectivity index (χ1v) is 22.7. The molecule has 0 saturated heterocycles. The average Bonchev–Trinajstić information content (AvgIpc) is 3.88. The maximum absolute atomic E-state index is 6.81. The van der Waals surface area contributed by atoms with E-state index in [9.17, 15) is 0 Å². The summed E-state index contributed by atoms with van der Waals surface area (Å²) in [6.45, 7) is 4.99. The van der Waals surface area contributed by atoms with E-state index >= 15 is 0 Å². The highest BCUT2D eigenvalue weighted by atomic mass is 35.5. The summed E-state index contributed by atoms with van der Waals surface area (Å²) in [6.07, 6.45) is 8.00. The van der Waals surface area contributed by atoms with Gasteiger partial charge in [0, 0.05) is 43.4 Å². The molecule has 2 aromatic heterocycles. The molecule has 0 atom stereocenters. The highest BCUT2D eigenvalue weighted by Crippen LogP contribution is 2.69. The minimum atomic E-state index is 0.129. The van der Waals surface area contributed by atoms with Crippen LogP contribution in [0.5, 0.6) is 5.75 Å². The van der Waals surface area contributed by atoms with Gasteiger partial charge >= 0.3 is 0 Å². The monoisotopic (exact) mass is 798 g/mol. The van der Waals surface area contributed by atoms with Gasteiger partial charge in [0.15, 0.2) is 0 Å². The highest BCUT2D eigenvalue weighted by Gasteiger charge is 2.61. The standard InChI is InChI=1S/C56H47ClN2O/c1-3-33-12-20-53-48(27-33)44-10-5-6-11-52(44)58(53)41-8-7-9-42(31-41)59-54-21-14-37(29-49(54)45-17-15-40(57)30-55(45)59)36-13-18-50-46(28-36)47-32-43(60-4-2)16-19-51(47)56(50)38-23-34-22-35(25-38)26-39(56)24-34/h5-21,27-32,34-35,38-39H,3-4,22-26H2,1-2H3. The van der Waals surface area contributed by atoms with Gasteiger partial charge in [0.05, 0.1) is 28.7 Å². The van der Waals surface area contributed by atoms with Gasteiger partial charge in [-0.3, -0.25) is 0 Å². The predicted molar refractivity (Wildman–Crippen MR) is 249 cm³/mol. The van der Waals surface area contributed by atoms with Crippen LogP contribution < -0.4 is 4.74 Å². The Labute approximate surface area is 356 Å². The van der Waals surface area contributed by atoms with Crippen LogP contribution >= 0.6 is 11.6 Å². The molecule has 0 radical (unpaired) electrons. The Morgan fingerprint density at radius 2 is 1.17 bits per heavy atom. The van der Waals surface area contributed by atoms with Crippen molar-refractivity contribution in [2.75, 3.05) is 6.61 Å². The number of aromatic nitrogens is 2. The molecule has 5 aliphatic rings. The molecule has 4 bridgehead atoms. The topological polar surface area (TPSA) is 19.1 Å². The molecule has 7 aromatic carbocycles. The zero-order valence-corrected chi connectivity index (χ0v) is 35.0. The predicted octanol–water partition coefficient (Wildman–Crippen LogP) is 14.9. The number of fused-ring (bicyclic) bond motifs is 9. The number of hydrogen-bond donors (Lipinski definition) is 0. The van der Waals surface area contributed by atoms with Gasteiger partial charge in [-0.1, -0.05) is 79.2 Å². The molecule has 0 N–H and O–H groups in total. The Morgan fingerprint density at radius 1 is 0.533 bits per heavy atom. The van der Waals surface area contributed by atoms with Crippen molar-refractivity contribution in [3.05, 3.63) is 161 Å². The van der Waals surface area contributed by atoms with Crippen molar-refractivity contribution in [3.63, 3.8) is 0 Å². The molecular weight excluding hydrogens is 752 g/mol. The molecule has 5 aliphatic carbocycles. The molecule has 0 unspecified atom stereocenters. The smallest absolute Gasteiger partial charge is 0.119 e. The lowest BCUT2D eigenvalue weighted by Crippen LogP contribution is -2.55. The first-order valence-electron chi connectivity index (χ1n) is 22.3. The molecule has 3 nitrogen and oxygen atoms in total. The normalized spacial score (nSPS) is 22.4. The lowest BCUT2D eigenvalue weighted by molar-refractivity contribution is -0.0399. The van der Waals surface area contributed by atoms with Crippen molar-refractivity contribution in [2.24, 2.45) is 23.7 Å².